The Hall–Kier alpha value is -3.41. The van der Waals surface area contributed by atoms with Gasteiger partial charge in [0.15, 0.2) is 0 Å². The lowest BCUT2D eigenvalue weighted by molar-refractivity contribution is -0.117. The molecule has 0 spiro atoms. The zero-order valence-corrected chi connectivity index (χ0v) is 14.1. The molecule has 0 saturated carbocycles. The Labute approximate surface area is 150 Å². The molecule has 6 heteroatoms. The summed E-state index contributed by atoms with van der Waals surface area (Å²) in [5.41, 5.74) is 3.84. The molecule has 1 aromatic carbocycles. The van der Waals surface area contributed by atoms with Crippen molar-refractivity contribution in [3.63, 3.8) is 0 Å². The Morgan fingerprint density at radius 1 is 1.23 bits per heavy atom. The van der Waals surface area contributed by atoms with Crippen LogP contribution in [0.5, 0.6) is 0 Å². The van der Waals surface area contributed by atoms with Crippen molar-refractivity contribution in [1.82, 2.24) is 15.3 Å². The maximum Gasteiger partial charge on any atom is 0.244 e. The van der Waals surface area contributed by atoms with Gasteiger partial charge >= 0.3 is 0 Å². The third kappa shape index (κ3) is 3.49. The summed E-state index contributed by atoms with van der Waals surface area (Å²) in [6.45, 7) is 0.437. The maximum atomic E-state index is 12.0. The number of nitrogens with zero attached hydrogens (tertiary/aromatic N) is 1. The van der Waals surface area contributed by atoms with Gasteiger partial charge in [-0.25, -0.2) is 4.98 Å². The number of anilines is 1. The summed E-state index contributed by atoms with van der Waals surface area (Å²) in [4.78, 5) is 30.9. The first-order valence-corrected chi connectivity index (χ1v) is 8.49. The van der Waals surface area contributed by atoms with Gasteiger partial charge in [0.2, 0.25) is 11.8 Å². The van der Waals surface area contributed by atoms with Crippen molar-refractivity contribution in [3.05, 3.63) is 65.5 Å². The molecule has 0 saturated heterocycles. The molecule has 3 N–H and O–H groups in total. The minimum Gasteiger partial charge on any atom is -0.357 e. The van der Waals surface area contributed by atoms with E-state index in [2.05, 4.69) is 20.6 Å². The quantitative estimate of drug-likeness (QED) is 0.635. The second-order valence-corrected chi connectivity index (χ2v) is 6.26. The van der Waals surface area contributed by atoms with Crippen LogP contribution in [0.4, 0.5) is 5.82 Å². The van der Waals surface area contributed by atoms with Crippen molar-refractivity contribution < 1.29 is 9.59 Å². The summed E-state index contributed by atoms with van der Waals surface area (Å²) in [5.74, 6) is 0.431. The Morgan fingerprint density at radius 3 is 3.00 bits per heavy atom. The lowest BCUT2D eigenvalue weighted by atomic mass is 10.0. The number of fused-ring (bicyclic) bond motifs is 2. The molecule has 2 amide bonds. The number of amides is 2. The number of pyridine rings is 1. The van der Waals surface area contributed by atoms with Gasteiger partial charge in [-0.3, -0.25) is 9.59 Å². The molecule has 4 rings (SSSR count). The van der Waals surface area contributed by atoms with Gasteiger partial charge < -0.3 is 15.6 Å². The number of para-hydroxylation sites is 1. The van der Waals surface area contributed by atoms with Gasteiger partial charge in [0, 0.05) is 29.9 Å². The van der Waals surface area contributed by atoms with E-state index in [1.54, 1.807) is 12.3 Å². The van der Waals surface area contributed by atoms with E-state index in [1.807, 2.05) is 36.4 Å². The van der Waals surface area contributed by atoms with E-state index in [0.717, 1.165) is 27.7 Å². The number of benzene rings is 1. The van der Waals surface area contributed by atoms with Crippen molar-refractivity contribution in [2.75, 3.05) is 5.32 Å². The molecule has 1 aliphatic heterocycles. The number of rotatable bonds is 4. The molecule has 2 aromatic heterocycles. The minimum atomic E-state index is -0.172. The van der Waals surface area contributed by atoms with Crippen LogP contribution in [0.15, 0.2) is 48.7 Å². The van der Waals surface area contributed by atoms with Crippen LogP contribution in [-0.4, -0.2) is 21.8 Å². The van der Waals surface area contributed by atoms with Crippen LogP contribution in [-0.2, 0) is 22.6 Å². The van der Waals surface area contributed by atoms with Crippen molar-refractivity contribution in [2.24, 2.45) is 0 Å². The third-order valence-electron chi connectivity index (χ3n) is 4.33. The van der Waals surface area contributed by atoms with Crippen molar-refractivity contribution in [2.45, 2.75) is 19.4 Å². The summed E-state index contributed by atoms with van der Waals surface area (Å²) in [5, 5.41) is 6.73. The van der Waals surface area contributed by atoms with Crippen molar-refractivity contribution in [1.29, 1.82) is 0 Å². The summed E-state index contributed by atoms with van der Waals surface area (Å²) < 4.78 is 0. The molecule has 0 bridgehead atoms. The first kappa shape index (κ1) is 16.1. The van der Waals surface area contributed by atoms with Crippen LogP contribution in [0.25, 0.3) is 17.0 Å². The molecule has 0 aliphatic carbocycles. The summed E-state index contributed by atoms with van der Waals surface area (Å²) in [6, 6.07) is 12.0. The zero-order chi connectivity index (χ0) is 17.9. The van der Waals surface area contributed by atoms with E-state index in [-0.39, 0.29) is 11.8 Å². The standard InChI is InChI=1S/C20H18N4O2/c25-18(21-12-16-10-14-3-1-2-4-17(14)23-16)7-5-13-9-15-6-8-19(26)24-20(15)22-11-13/h1-5,7,9-11,23H,6,8,12H2,(H,21,25)(H,22,24,26). The molecule has 0 fully saturated rings. The summed E-state index contributed by atoms with van der Waals surface area (Å²) >= 11 is 0. The number of nitrogens with one attached hydrogen (secondary N) is 3. The van der Waals surface area contributed by atoms with Gasteiger partial charge in [-0.1, -0.05) is 18.2 Å². The maximum absolute atomic E-state index is 12.0. The fourth-order valence-corrected chi connectivity index (χ4v) is 3.01. The zero-order valence-electron chi connectivity index (χ0n) is 14.1. The molecular weight excluding hydrogens is 328 g/mol. The molecule has 130 valence electrons. The van der Waals surface area contributed by atoms with Gasteiger partial charge in [-0.15, -0.1) is 0 Å². The van der Waals surface area contributed by atoms with Crippen LogP contribution in [0.1, 0.15) is 23.2 Å². The third-order valence-corrected chi connectivity index (χ3v) is 4.33. The molecule has 1 aliphatic rings. The van der Waals surface area contributed by atoms with E-state index in [1.165, 1.54) is 6.08 Å². The summed E-state index contributed by atoms with van der Waals surface area (Å²) in [7, 11) is 0. The van der Waals surface area contributed by atoms with Gasteiger partial charge in [-0.2, -0.15) is 0 Å². The predicted molar refractivity (Wildman–Crippen MR) is 100 cm³/mol. The largest absolute Gasteiger partial charge is 0.357 e. The highest BCUT2D eigenvalue weighted by molar-refractivity contribution is 5.93. The van der Waals surface area contributed by atoms with Crippen LogP contribution >= 0.6 is 0 Å². The number of carbonyl (C=O) groups excluding carboxylic acids is 2. The van der Waals surface area contributed by atoms with Crippen molar-refractivity contribution >= 4 is 34.6 Å². The molecule has 0 unspecified atom stereocenters. The fourth-order valence-electron chi connectivity index (χ4n) is 3.01. The summed E-state index contributed by atoms with van der Waals surface area (Å²) in [6.07, 6.45) is 6.00. The minimum absolute atomic E-state index is 0.00959. The van der Waals surface area contributed by atoms with Crippen LogP contribution in [0, 0.1) is 0 Å². The average molecular weight is 346 g/mol. The lowest BCUT2D eigenvalue weighted by Crippen LogP contribution is -2.20. The van der Waals surface area contributed by atoms with E-state index in [0.29, 0.717) is 25.2 Å². The van der Waals surface area contributed by atoms with Gasteiger partial charge in [0.25, 0.3) is 0 Å². The number of H-pyrrole nitrogens is 1. The molecule has 0 atom stereocenters. The SMILES string of the molecule is O=C(C=Cc1cnc2c(c1)CCC(=O)N2)NCc1cc2ccccc2[nH]1. The Kier molecular flexibility index (Phi) is 4.23. The number of hydrogen-bond donors (Lipinski definition) is 3. The molecule has 3 heterocycles. The smallest absolute Gasteiger partial charge is 0.244 e. The topological polar surface area (TPSA) is 86.9 Å². The fraction of sp³-hybridized carbons (Fsp3) is 0.150. The van der Waals surface area contributed by atoms with E-state index >= 15 is 0 Å². The molecule has 6 nitrogen and oxygen atoms in total. The van der Waals surface area contributed by atoms with E-state index < -0.39 is 0 Å². The van der Waals surface area contributed by atoms with Crippen molar-refractivity contribution in [3.8, 4) is 0 Å². The highest BCUT2D eigenvalue weighted by Crippen LogP contribution is 2.21. The molecular formula is C20H18N4O2. The highest BCUT2D eigenvalue weighted by Gasteiger charge is 2.15. The molecule has 26 heavy (non-hydrogen) atoms. The number of hydrogen-bond acceptors (Lipinski definition) is 3. The number of aromatic amines is 1. The number of aryl methyl sites for hydroxylation is 1. The number of carbonyl (C=O) groups is 2. The van der Waals surface area contributed by atoms with Gasteiger partial charge in [0.05, 0.1) is 6.54 Å². The molecule has 0 radical (unpaired) electrons. The highest BCUT2D eigenvalue weighted by atomic mass is 16.2. The lowest BCUT2D eigenvalue weighted by Gasteiger charge is -2.15. The van der Waals surface area contributed by atoms with E-state index in [4.69, 9.17) is 0 Å². The monoisotopic (exact) mass is 346 g/mol. The Balaban J connectivity index is 1.37. The van der Waals surface area contributed by atoms with Crippen LogP contribution in [0.2, 0.25) is 0 Å². The molecule has 3 aromatic rings. The normalized spacial score (nSPS) is 13.6. The average Bonchev–Trinajstić information content (AvgIpc) is 3.07. The van der Waals surface area contributed by atoms with Crippen LogP contribution < -0.4 is 10.6 Å². The first-order chi connectivity index (χ1) is 12.7. The van der Waals surface area contributed by atoms with Crippen LogP contribution in [0.3, 0.4) is 0 Å². The Bertz CT molecular complexity index is 987. The van der Waals surface area contributed by atoms with E-state index in [9.17, 15) is 9.59 Å². The van der Waals surface area contributed by atoms with Gasteiger partial charge in [0.1, 0.15) is 5.82 Å². The second kappa shape index (κ2) is 6.84. The predicted octanol–water partition coefficient (Wildman–Crippen LogP) is 2.78. The first-order valence-electron chi connectivity index (χ1n) is 8.49. The van der Waals surface area contributed by atoms with Gasteiger partial charge in [-0.05, 0) is 47.2 Å². The second-order valence-electron chi connectivity index (χ2n) is 6.26. The Morgan fingerprint density at radius 2 is 2.12 bits per heavy atom. The number of aromatic nitrogens is 2.